The Bertz CT molecular complexity index is 591. The zero-order valence-corrected chi connectivity index (χ0v) is 14.1. The number of aryl methyl sites for hydroxylation is 2. The predicted molar refractivity (Wildman–Crippen MR) is 86.0 cm³/mol. The molecule has 0 aliphatic heterocycles. The van der Waals surface area contributed by atoms with Gasteiger partial charge in [0.05, 0.1) is 11.9 Å². The third-order valence-electron chi connectivity index (χ3n) is 3.10. The summed E-state index contributed by atoms with van der Waals surface area (Å²) in [6.45, 7) is 7.89. The monoisotopic (exact) mass is 312 g/mol. The maximum absolute atomic E-state index is 12.1. The third kappa shape index (κ3) is 4.74. The van der Waals surface area contributed by atoms with Crippen molar-refractivity contribution >= 4 is 21.6 Å². The number of sulfonamides is 1. The molecule has 1 aromatic rings. The van der Waals surface area contributed by atoms with Crippen LogP contribution in [0.1, 0.15) is 31.4 Å². The Morgan fingerprint density at radius 1 is 1.24 bits per heavy atom. The van der Waals surface area contributed by atoms with E-state index in [9.17, 15) is 13.2 Å². The summed E-state index contributed by atoms with van der Waals surface area (Å²) in [5.41, 5.74) is 2.44. The molecule has 1 atom stereocenters. The topological polar surface area (TPSA) is 66.5 Å². The Labute approximate surface area is 127 Å². The molecule has 1 aromatic carbocycles. The molecule has 0 aliphatic rings. The molecule has 0 radical (unpaired) electrons. The number of nitrogens with zero attached hydrogens (tertiary/aromatic N) is 1. The van der Waals surface area contributed by atoms with Crippen LogP contribution in [0.3, 0.4) is 0 Å². The number of benzene rings is 1. The van der Waals surface area contributed by atoms with Gasteiger partial charge in [-0.3, -0.25) is 9.10 Å². The van der Waals surface area contributed by atoms with E-state index in [1.54, 1.807) is 19.1 Å². The first kappa shape index (κ1) is 17.5. The average molecular weight is 312 g/mol. The maximum Gasteiger partial charge on any atom is 0.243 e. The van der Waals surface area contributed by atoms with Crippen LogP contribution in [0, 0.1) is 13.8 Å². The van der Waals surface area contributed by atoms with Gasteiger partial charge in [0.2, 0.25) is 15.9 Å². The second-order valence-corrected chi connectivity index (χ2v) is 7.23. The number of carbonyl (C=O) groups is 1. The highest BCUT2D eigenvalue weighted by Crippen LogP contribution is 2.23. The lowest BCUT2D eigenvalue weighted by atomic mass is 10.1. The lowest BCUT2D eigenvalue weighted by Gasteiger charge is -2.28. The van der Waals surface area contributed by atoms with Crippen molar-refractivity contribution in [3.05, 3.63) is 29.3 Å². The van der Waals surface area contributed by atoms with Crippen molar-refractivity contribution in [1.82, 2.24) is 5.32 Å². The van der Waals surface area contributed by atoms with Crippen molar-refractivity contribution < 1.29 is 13.2 Å². The second kappa shape index (κ2) is 6.93. The predicted octanol–water partition coefficient (Wildman–Crippen LogP) is 1.98. The number of hydrogen-bond acceptors (Lipinski definition) is 3. The van der Waals surface area contributed by atoms with Crippen molar-refractivity contribution in [1.29, 1.82) is 0 Å². The third-order valence-corrected chi connectivity index (χ3v) is 4.34. The molecule has 21 heavy (non-hydrogen) atoms. The Morgan fingerprint density at radius 3 is 2.19 bits per heavy atom. The number of rotatable bonds is 6. The van der Waals surface area contributed by atoms with Crippen molar-refractivity contribution in [2.45, 2.75) is 40.2 Å². The van der Waals surface area contributed by atoms with Crippen LogP contribution in [-0.2, 0) is 14.8 Å². The molecule has 0 bridgehead atoms. The van der Waals surface area contributed by atoms with E-state index in [4.69, 9.17) is 0 Å². The van der Waals surface area contributed by atoms with Gasteiger partial charge in [0.25, 0.3) is 0 Å². The minimum absolute atomic E-state index is 0.290. The highest BCUT2D eigenvalue weighted by molar-refractivity contribution is 7.92. The van der Waals surface area contributed by atoms with Gasteiger partial charge in [-0.2, -0.15) is 0 Å². The quantitative estimate of drug-likeness (QED) is 0.873. The van der Waals surface area contributed by atoms with Gasteiger partial charge in [0.15, 0.2) is 0 Å². The van der Waals surface area contributed by atoms with E-state index in [1.807, 2.05) is 26.8 Å². The first-order valence-corrected chi connectivity index (χ1v) is 8.87. The second-order valence-electron chi connectivity index (χ2n) is 5.37. The van der Waals surface area contributed by atoms with Crippen molar-refractivity contribution in [2.75, 3.05) is 17.1 Å². The smallest absolute Gasteiger partial charge is 0.243 e. The molecule has 0 fully saturated rings. The Morgan fingerprint density at radius 2 is 1.76 bits per heavy atom. The maximum atomic E-state index is 12.1. The van der Waals surface area contributed by atoms with Gasteiger partial charge in [0.1, 0.15) is 6.04 Å². The number of hydrogen-bond donors (Lipinski definition) is 1. The van der Waals surface area contributed by atoms with Crippen LogP contribution in [-0.4, -0.2) is 33.2 Å². The van der Waals surface area contributed by atoms with Gasteiger partial charge in [0, 0.05) is 6.54 Å². The largest absolute Gasteiger partial charge is 0.354 e. The summed E-state index contributed by atoms with van der Waals surface area (Å²) in [6.07, 6.45) is 1.93. The van der Waals surface area contributed by atoms with E-state index >= 15 is 0 Å². The Balaban J connectivity index is 3.21. The van der Waals surface area contributed by atoms with Crippen LogP contribution in [0.4, 0.5) is 5.69 Å². The molecule has 0 heterocycles. The van der Waals surface area contributed by atoms with Crippen LogP contribution in [0.25, 0.3) is 0 Å². The van der Waals surface area contributed by atoms with Crippen molar-refractivity contribution in [2.24, 2.45) is 0 Å². The zero-order valence-electron chi connectivity index (χ0n) is 13.3. The Hall–Kier alpha value is -1.56. The summed E-state index contributed by atoms with van der Waals surface area (Å²) < 4.78 is 25.4. The standard InChI is InChI=1S/C15H24N2O3S/c1-6-7-16-15(18)13(4)17(21(5,19)20)14-9-11(2)8-12(3)10-14/h8-10,13H,6-7H2,1-5H3,(H,16,18)/t13-/m0/s1. The number of carbonyl (C=O) groups excluding carboxylic acids is 1. The van der Waals surface area contributed by atoms with E-state index in [0.29, 0.717) is 12.2 Å². The summed E-state index contributed by atoms with van der Waals surface area (Å²) in [5.74, 6) is -0.290. The van der Waals surface area contributed by atoms with Crippen LogP contribution < -0.4 is 9.62 Å². The van der Waals surface area contributed by atoms with E-state index in [2.05, 4.69) is 5.32 Å². The molecule has 0 spiro atoms. The zero-order chi connectivity index (χ0) is 16.2. The van der Waals surface area contributed by atoms with Crippen molar-refractivity contribution in [3.63, 3.8) is 0 Å². The van der Waals surface area contributed by atoms with Gasteiger partial charge < -0.3 is 5.32 Å². The molecule has 0 saturated carbocycles. The van der Waals surface area contributed by atoms with Gasteiger partial charge >= 0.3 is 0 Å². The molecule has 1 N–H and O–H groups in total. The summed E-state index contributed by atoms with van der Waals surface area (Å²) in [5, 5.41) is 2.74. The highest BCUT2D eigenvalue weighted by Gasteiger charge is 2.29. The summed E-state index contributed by atoms with van der Waals surface area (Å²) >= 11 is 0. The van der Waals surface area contributed by atoms with E-state index in [1.165, 1.54) is 4.31 Å². The van der Waals surface area contributed by atoms with Gasteiger partial charge in [-0.05, 0) is 50.5 Å². The first-order chi connectivity index (χ1) is 9.66. The van der Waals surface area contributed by atoms with E-state index in [0.717, 1.165) is 23.8 Å². The molecule has 0 saturated heterocycles. The fourth-order valence-corrected chi connectivity index (χ4v) is 3.44. The molecule has 1 rings (SSSR count). The average Bonchev–Trinajstić information content (AvgIpc) is 2.32. The van der Waals surface area contributed by atoms with E-state index < -0.39 is 16.1 Å². The summed E-state index contributed by atoms with van der Waals surface area (Å²) in [6, 6.07) is 4.73. The van der Waals surface area contributed by atoms with Gasteiger partial charge in [-0.25, -0.2) is 8.42 Å². The van der Waals surface area contributed by atoms with Crippen LogP contribution in [0.2, 0.25) is 0 Å². The molecule has 1 amide bonds. The molecule has 0 aliphatic carbocycles. The Kier molecular flexibility index (Phi) is 5.78. The fraction of sp³-hybridized carbons (Fsp3) is 0.533. The molecule has 6 heteroatoms. The normalized spacial score (nSPS) is 12.8. The molecular weight excluding hydrogens is 288 g/mol. The van der Waals surface area contributed by atoms with Crippen LogP contribution >= 0.6 is 0 Å². The number of anilines is 1. The van der Waals surface area contributed by atoms with Gasteiger partial charge in [-0.15, -0.1) is 0 Å². The molecular formula is C15H24N2O3S. The molecule has 0 aromatic heterocycles. The molecule has 0 unspecified atom stereocenters. The number of nitrogens with one attached hydrogen (secondary N) is 1. The molecule has 118 valence electrons. The minimum atomic E-state index is -3.55. The fourth-order valence-electron chi connectivity index (χ4n) is 2.28. The van der Waals surface area contributed by atoms with Gasteiger partial charge in [-0.1, -0.05) is 13.0 Å². The SMILES string of the molecule is CCCNC(=O)[C@H](C)N(c1cc(C)cc(C)c1)S(C)(=O)=O. The van der Waals surface area contributed by atoms with Crippen molar-refractivity contribution in [3.8, 4) is 0 Å². The lowest BCUT2D eigenvalue weighted by molar-refractivity contribution is -0.121. The highest BCUT2D eigenvalue weighted by atomic mass is 32.2. The van der Waals surface area contributed by atoms with E-state index in [-0.39, 0.29) is 5.91 Å². The lowest BCUT2D eigenvalue weighted by Crippen LogP contribution is -2.48. The summed E-state index contributed by atoms with van der Waals surface area (Å²) in [4.78, 5) is 12.1. The first-order valence-electron chi connectivity index (χ1n) is 7.02. The van der Waals surface area contributed by atoms with Crippen LogP contribution in [0.15, 0.2) is 18.2 Å². The minimum Gasteiger partial charge on any atom is -0.354 e. The number of amides is 1. The molecule has 5 nitrogen and oxygen atoms in total. The summed E-state index contributed by atoms with van der Waals surface area (Å²) in [7, 11) is -3.55. The van der Waals surface area contributed by atoms with Crippen LogP contribution in [0.5, 0.6) is 0 Å².